The van der Waals surface area contributed by atoms with Crippen molar-refractivity contribution in [2.24, 2.45) is 0 Å². The van der Waals surface area contributed by atoms with Gasteiger partial charge in [0.15, 0.2) is 0 Å². The minimum Gasteiger partial charge on any atom is -0.481 e. The van der Waals surface area contributed by atoms with E-state index >= 15 is 0 Å². The zero-order chi connectivity index (χ0) is 14.5. The largest absolute Gasteiger partial charge is 0.481 e. The van der Waals surface area contributed by atoms with Crippen LogP contribution in [0.15, 0.2) is 12.4 Å². The molecule has 108 valence electrons. The molecule has 0 unspecified atom stereocenters. The van der Waals surface area contributed by atoms with Gasteiger partial charge in [-0.15, -0.1) is 0 Å². The number of amides is 1. The van der Waals surface area contributed by atoms with E-state index in [0.717, 1.165) is 25.0 Å². The molecule has 1 aliphatic rings. The summed E-state index contributed by atoms with van der Waals surface area (Å²) in [6.45, 7) is 2.48. The summed E-state index contributed by atoms with van der Waals surface area (Å²) in [6, 6.07) is -0.00421. The number of carbonyl (C=O) groups is 2. The van der Waals surface area contributed by atoms with E-state index in [1.165, 1.54) is 6.20 Å². The molecule has 1 aromatic rings. The minimum absolute atomic E-state index is 0.00421. The summed E-state index contributed by atoms with van der Waals surface area (Å²) in [6.07, 6.45) is 6.50. The van der Waals surface area contributed by atoms with E-state index < -0.39 is 5.97 Å². The molecule has 1 N–H and O–H groups in total. The van der Waals surface area contributed by atoms with Crippen LogP contribution in [0.2, 0.25) is 0 Å². The number of hydrogen-bond donors (Lipinski definition) is 1. The van der Waals surface area contributed by atoms with Crippen LogP contribution in [-0.4, -0.2) is 44.4 Å². The summed E-state index contributed by atoms with van der Waals surface area (Å²) in [5.74, 6) is -0.967. The number of aliphatic carboxylic acids is 1. The summed E-state index contributed by atoms with van der Waals surface area (Å²) in [4.78, 5) is 33.1. The van der Waals surface area contributed by atoms with Crippen LogP contribution in [-0.2, 0) is 4.79 Å². The van der Waals surface area contributed by atoms with E-state index in [-0.39, 0.29) is 18.4 Å². The second kappa shape index (κ2) is 6.45. The minimum atomic E-state index is -0.821. The molecule has 1 fully saturated rings. The van der Waals surface area contributed by atoms with Crippen LogP contribution >= 0.6 is 0 Å². The van der Waals surface area contributed by atoms with Gasteiger partial charge in [0.2, 0.25) is 0 Å². The lowest BCUT2D eigenvalue weighted by Crippen LogP contribution is -2.44. The molecule has 0 aromatic carbocycles. The van der Waals surface area contributed by atoms with E-state index in [2.05, 4.69) is 9.97 Å². The van der Waals surface area contributed by atoms with Gasteiger partial charge in [-0.3, -0.25) is 14.6 Å². The average Bonchev–Trinajstić information content (AvgIpc) is 2.45. The van der Waals surface area contributed by atoms with Crippen molar-refractivity contribution in [3.63, 3.8) is 0 Å². The Morgan fingerprint density at radius 1 is 1.35 bits per heavy atom. The third-order valence-corrected chi connectivity index (χ3v) is 3.58. The van der Waals surface area contributed by atoms with Crippen LogP contribution < -0.4 is 0 Å². The molecule has 1 atom stereocenters. The van der Waals surface area contributed by atoms with Crippen molar-refractivity contribution in [2.75, 3.05) is 6.54 Å². The standard InChI is InChI=1S/C14H19N3O3/c1-10-8-16-12(9-15-10)14(20)17-7-3-2-4-11(17)5-6-13(18)19/h8-9,11H,2-7H2,1H3,(H,18,19)/t11-/m1/s1. The molecule has 2 heterocycles. The predicted molar refractivity (Wildman–Crippen MR) is 72.3 cm³/mol. The van der Waals surface area contributed by atoms with Gasteiger partial charge in [-0.25, -0.2) is 4.98 Å². The van der Waals surface area contributed by atoms with E-state index in [1.807, 2.05) is 6.92 Å². The lowest BCUT2D eigenvalue weighted by atomic mass is 9.97. The fraction of sp³-hybridized carbons (Fsp3) is 0.571. The maximum atomic E-state index is 12.4. The van der Waals surface area contributed by atoms with Crippen molar-refractivity contribution >= 4 is 11.9 Å². The summed E-state index contributed by atoms with van der Waals surface area (Å²) in [5.41, 5.74) is 1.10. The second-order valence-electron chi connectivity index (χ2n) is 5.12. The van der Waals surface area contributed by atoms with Gasteiger partial charge in [-0.05, 0) is 32.6 Å². The first kappa shape index (κ1) is 14.4. The first-order valence-electron chi connectivity index (χ1n) is 6.89. The van der Waals surface area contributed by atoms with Gasteiger partial charge < -0.3 is 10.0 Å². The Hall–Kier alpha value is -1.98. The molecule has 0 saturated carbocycles. The number of carbonyl (C=O) groups excluding carboxylic acids is 1. The summed E-state index contributed by atoms with van der Waals surface area (Å²) < 4.78 is 0. The van der Waals surface area contributed by atoms with Gasteiger partial charge >= 0.3 is 5.97 Å². The molecule has 1 aliphatic heterocycles. The molecule has 20 heavy (non-hydrogen) atoms. The van der Waals surface area contributed by atoms with Crippen LogP contribution in [0, 0.1) is 6.92 Å². The monoisotopic (exact) mass is 277 g/mol. The van der Waals surface area contributed by atoms with Crippen LogP contribution in [0.3, 0.4) is 0 Å². The lowest BCUT2D eigenvalue weighted by Gasteiger charge is -2.35. The Kier molecular flexibility index (Phi) is 4.65. The van der Waals surface area contributed by atoms with E-state index in [1.54, 1.807) is 11.1 Å². The number of hydrogen-bond acceptors (Lipinski definition) is 4. The Morgan fingerprint density at radius 2 is 2.15 bits per heavy atom. The molecule has 0 radical (unpaired) electrons. The van der Waals surface area contributed by atoms with E-state index in [9.17, 15) is 9.59 Å². The maximum Gasteiger partial charge on any atom is 0.303 e. The van der Waals surface area contributed by atoms with Crippen molar-refractivity contribution in [3.05, 3.63) is 23.8 Å². The Morgan fingerprint density at radius 3 is 2.80 bits per heavy atom. The van der Waals surface area contributed by atoms with E-state index in [4.69, 9.17) is 5.11 Å². The maximum absolute atomic E-state index is 12.4. The van der Waals surface area contributed by atoms with Crippen LogP contribution in [0.1, 0.15) is 48.3 Å². The molecule has 0 bridgehead atoms. The summed E-state index contributed by atoms with van der Waals surface area (Å²) >= 11 is 0. The molecule has 6 nitrogen and oxygen atoms in total. The zero-order valence-electron chi connectivity index (χ0n) is 11.6. The van der Waals surface area contributed by atoms with E-state index in [0.29, 0.717) is 18.7 Å². The highest BCUT2D eigenvalue weighted by Gasteiger charge is 2.28. The summed E-state index contributed by atoms with van der Waals surface area (Å²) in [5, 5.41) is 8.79. The molecule has 0 spiro atoms. The van der Waals surface area contributed by atoms with Gasteiger partial charge in [0.25, 0.3) is 5.91 Å². The zero-order valence-corrected chi connectivity index (χ0v) is 11.6. The average molecular weight is 277 g/mol. The highest BCUT2D eigenvalue weighted by atomic mass is 16.4. The SMILES string of the molecule is Cc1cnc(C(=O)N2CCCC[C@@H]2CCC(=O)O)cn1. The number of likely N-dealkylation sites (tertiary alicyclic amines) is 1. The molecule has 1 aromatic heterocycles. The topological polar surface area (TPSA) is 83.4 Å². The van der Waals surface area contributed by atoms with Gasteiger partial charge in [-0.2, -0.15) is 0 Å². The summed E-state index contributed by atoms with van der Waals surface area (Å²) in [7, 11) is 0. The highest BCUT2D eigenvalue weighted by Crippen LogP contribution is 2.22. The fourth-order valence-corrected chi connectivity index (χ4v) is 2.51. The number of carboxylic acids is 1. The quantitative estimate of drug-likeness (QED) is 0.904. The van der Waals surface area contributed by atoms with Gasteiger partial charge in [0.1, 0.15) is 5.69 Å². The van der Waals surface area contributed by atoms with Crippen molar-refractivity contribution in [1.29, 1.82) is 0 Å². The first-order chi connectivity index (χ1) is 9.58. The molecular formula is C14H19N3O3. The molecule has 0 aliphatic carbocycles. The number of carboxylic acid groups (broad SMARTS) is 1. The van der Waals surface area contributed by atoms with Gasteiger partial charge in [0, 0.05) is 25.2 Å². The number of rotatable bonds is 4. The molecule has 1 amide bonds. The fourth-order valence-electron chi connectivity index (χ4n) is 2.51. The lowest BCUT2D eigenvalue weighted by molar-refractivity contribution is -0.137. The van der Waals surface area contributed by atoms with Gasteiger partial charge in [0.05, 0.1) is 11.9 Å². The van der Waals surface area contributed by atoms with Crippen molar-refractivity contribution in [3.8, 4) is 0 Å². The Labute approximate surface area is 117 Å². The molecule has 6 heteroatoms. The predicted octanol–water partition coefficient (Wildman–Crippen LogP) is 1.64. The third-order valence-electron chi connectivity index (χ3n) is 3.58. The number of aromatic nitrogens is 2. The van der Waals surface area contributed by atoms with Crippen molar-refractivity contribution in [1.82, 2.24) is 14.9 Å². The molecule has 1 saturated heterocycles. The van der Waals surface area contributed by atoms with Crippen LogP contribution in [0.4, 0.5) is 0 Å². The van der Waals surface area contributed by atoms with Crippen LogP contribution in [0.25, 0.3) is 0 Å². The van der Waals surface area contributed by atoms with Crippen molar-refractivity contribution < 1.29 is 14.7 Å². The Bertz CT molecular complexity index is 487. The van der Waals surface area contributed by atoms with Crippen molar-refractivity contribution in [2.45, 2.75) is 45.1 Å². The van der Waals surface area contributed by atoms with Crippen LogP contribution in [0.5, 0.6) is 0 Å². The first-order valence-corrected chi connectivity index (χ1v) is 6.89. The highest BCUT2D eigenvalue weighted by molar-refractivity contribution is 5.92. The second-order valence-corrected chi connectivity index (χ2v) is 5.12. The molecule has 2 rings (SSSR count). The smallest absolute Gasteiger partial charge is 0.303 e. The normalized spacial score (nSPS) is 18.9. The number of aryl methyl sites for hydroxylation is 1. The third kappa shape index (κ3) is 3.53. The number of piperidine rings is 1. The Balaban J connectivity index is 2.08. The molecular weight excluding hydrogens is 258 g/mol. The number of nitrogens with zero attached hydrogens (tertiary/aromatic N) is 3. The van der Waals surface area contributed by atoms with Gasteiger partial charge in [-0.1, -0.05) is 0 Å².